The van der Waals surface area contributed by atoms with Gasteiger partial charge in [0.1, 0.15) is 13.1 Å². The molecule has 1 N–H and O–H groups in total. The highest BCUT2D eigenvalue weighted by molar-refractivity contribution is 5.84. The minimum Gasteiger partial charge on any atom is -0.345 e. The predicted octanol–water partition coefficient (Wildman–Crippen LogP) is 2.19. The Hall–Kier alpha value is -2.49. The highest BCUT2D eigenvalue weighted by atomic mass is 19.4. The molecular formula is C13H10F3N3O. The van der Waals surface area contributed by atoms with E-state index in [1.165, 1.54) is 4.57 Å². The number of rotatable bonds is 3. The molecule has 0 saturated heterocycles. The Morgan fingerprint density at radius 2 is 2.10 bits per heavy atom. The molecule has 1 amide bonds. The molecule has 1 aromatic heterocycles. The summed E-state index contributed by atoms with van der Waals surface area (Å²) in [6.07, 6.45) is -2.82. The molecule has 1 aromatic carbocycles. The van der Waals surface area contributed by atoms with Gasteiger partial charge in [-0.15, -0.1) is 0 Å². The van der Waals surface area contributed by atoms with Crippen LogP contribution in [0, 0.1) is 11.3 Å². The molecule has 1 heterocycles. The maximum Gasteiger partial charge on any atom is 0.405 e. The van der Waals surface area contributed by atoms with Gasteiger partial charge in [-0.2, -0.15) is 18.4 Å². The minimum atomic E-state index is -4.42. The second-order valence-electron chi connectivity index (χ2n) is 4.22. The average Bonchev–Trinajstić information content (AvgIpc) is 2.78. The third-order valence-corrected chi connectivity index (χ3v) is 2.70. The maximum atomic E-state index is 12.0. The van der Waals surface area contributed by atoms with E-state index in [2.05, 4.69) is 0 Å². The molecule has 20 heavy (non-hydrogen) atoms. The Balaban J connectivity index is 2.11. The van der Waals surface area contributed by atoms with E-state index >= 15 is 0 Å². The molecule has 2 aromatic rings. The second-order valence-corrected chi connectivity index (χ2v) is 4.22. The lowest BCUT2D eigenvalue weighted by Gasteiger charge is -2.09. The SMILES string of the molecule is N#Cc1ccc2c(ccn2CC(=O)NCC(F)(F)F)c1. The zero-order chi connectivity index (χ0) is 14.8. The van der Waals surface area contributed by atoms with Crippen molar-refractivity contribution >= 4 is 16.8 Å². The van der Waals surface area contributed by atoms with Crippen molar-refractivity contribution in [1.29, 1.82) is 5.26 Å². The van der Waals surface area contributed by atoms with Crippen LogP contribution >= 0.6 is 0 Å². The van der Waals surface area contributed by atoms with Crippen LogP contribution in [0.3, 0.4) is 0 Å². The normalized spacial score (nSPS) is 11.3. The summed E-state index contributed by atoms with van der Waals surface area (Å²) in [6.45, 7) is -1.55. The van der Waals surface area contributed by atoms with Crippen molar-refractivity contribution in [2.24, 2.45) is 0 Å². The van der Waals surface area contributed by atoms with E-state index in [0.717, 1.165) is 5.39 Å². The molecule has 0 fully saturated rings. The largest absolute Gasteiger partial charge is 0.405 e. The molecule has 0 aliphatic heterocycles. The van der Waals surface area contributed by atoms with Crippen LogP contribution in [0.1, 0.15) is 5.56 Å². The van der Waals surface area contributed by atoms with Crippen LogP contribution in [0.4, 0.5) is 13.2 Å². The smallest absolute Gasteiger partial charge is 0.345 e. The fourth-order valence-corrected chi connectivity index (χ4v) is 1.82. The number of aromatic nitrogens is 1. The van der Waals surface area contributed by atoms with E-state index in [0.29, 0.717) is 11.1 Å². The number of carbonyl (C=O) groups is 1. The number of nitrogens with zero attached hydrogens (tertiary/aromatic N) is 2. The molecule has 0 aliphatic carbocycles. The van der Waals surface area contributed by atoms with Gasteiger partial charge in [0, 0.05) is 17.1 Å². The number of hydrogen-bond acceptors (Lipinski definition) is 2. The number of alkyl halides is 3. The summed E-state index contributed by atoms with van der Waals surface area (Å²) in [5.74, 6) is -0.718. The van der Waals surface area contributed by atoms with Crippen LogP contribution in [0.25, 0.3) is 10.9 Å². The molecule has 2 rings (SSSR count). The molecule has 4 nitrogen and oxygen atoms in total. The first-order chi connectivity index (χ1) is 9.39. The van der Waals surface area contributed by atoms with E-state index in [-0.39, 0.29) is 6.54 Å². The number of nitrogens with one attached hydrogen (secondary N) is 1. The molecular weight excluding hydrogens is 271 g/mol. The molecule has 0 bridgehead atoms. The van der Waals surface area contributed by atoms with Crippen LogP contribution in [0.5, 0.6) is 0 Å². The van der Waals surface area contributed by atoms with Crippen molar-refractivity contribution in [3.8, 4) is 6.07 Å². The standard InChI is InChI=1S/C13H10F3N3O/c14-13(15,16)8-18-12(20)7-19-4-3-10-5-9(6-17)1-2-11(10)19/h1-5H,7-8H2,(H,18,20). The third-order valence-electron chi connectivity index (χ3n) is 2.70. The number of fused-ring (bicyclic) bond motifs is 1. The third kappa shape index (κ3) is 3.29. The molecule has 0 atom stereocenters. The molecule has 7 heteroatoms. The lowest BCUT2D eigenvalue weighted by Crippen LogP contribution is -2.35. The van der Waals surface area contributed by atoms with Crippen LogP contribution in [-0.4, -0.2) is 23.2 Å². The molecule has 0 radical (unpaired) electrons. The van der Waals surface area contributed by atoms with E-state index in [1.807, 2.05) is 11.4 Å². The Morgan fingerprint density at radius 1 is 1.35 bits per heavy atom. The Labute approximate surface area is 112 Å². The summed E-state index contributed by atoms with van der Waals surface area (Å²) in [5.41, 5.74) is 1.17. The summed E-state index contributed by atoms with van der Waals surface area (Å²) in [4.78, 5) is 11.4. The fraction of sp³-hybridized carbons (Fsp3) is 0.231. The maximum absolute atomic E-state index is 12.0. The summed E-state index contributed by atoms with van der Waals surface area (Å²) in [6, 6.07) is 8.59. The van der Waals surface area contributed by atoms with Crippen molar-refractivity contribution in [2.45, 2.75) is 12.7 Å². The topological polar surface area (TPSA) is 57.8 Å². The van der Waals surface area contributed by atoms with Crippen LogP contribution in [0.15, 0.2) is 30.5 Å². The van der Waals surface area contributed by atoms with Crippen molar-refractivity contribution in [3.63, 3.8) is 0 Å². The van der Waals surface area contributed by atoms with Gasteiger partial charge in [-0.25, -0.2) is 0 Å². The molecule has 0 unspecified atom stereocenters. The van der Waals surface area contributed by atoms with Gasteiger partial charge >= 0.3 is 6.18 Å². The number of benzene rings is 1. The van der Waals surface area contributed by atoms with Gasteiger partial charge in [0.05, 0.1) is 11.6 Å². The molecule has 104 valence electrons. The lowest BCUT2D eigenvalue weighted by molar-refractivity contribution is -0.138. The summed E-state index contributed by atoms with van der Waals surface area (Å²) >= 11 is 0. The molecule has 0 aliphatic rings. The van der Waals surface area contributed by atoms with E-state index < -0.39 is 18.6 Å². The van der Waals surface area contributed by atoms with Crippen LogP contribution in [0.2, 0.25) is 0 Å². The zero-order valence-electron chi connectivity index (χ0n) is 10.2. The summed E-state index contributed by atoms with van der Waals surface area (Å²) in [5, 5.41) is 11.3. The van der Waals surface area contributed by atoms with Crippen LogP contribution in [-0.2, 0) is 11.3 Å². The first kappa shape index (κ1) is 13.9. The average molecular weight is 281 g/mol. The van der Waals surface area contributed by atoms with Crippen LogP contribution < -0.4 is 5.32 Å². The van der Waals surface area contributed by atoms with E-state index in [4.69, 9.17) is 5.26 Å². The van der Waals surface area contributed by atoms with Crippen molar-refractivity contribution in [2.75, 3.05) is 6.54 Å². The van der Waals surface area contributed by atoms with Crippen molar-refractivity contribution in [3.05, 3.63) is 36.0 Å². The van der Waals surface area contributed by atoms with Gasteiger partial charge in [-0.1, -0.05) is 0 Å². The first-order valence-corrected chi connectivity index (χ1v) is 5.71. The van der Waals surface area contributed by atoms with Gasteiger partial charge in [0.2, 0.25) is 5.91 Å². The number of carbonyl (C=O) groups excluding carboxylic acids is 1. The Kier molecular flexibility index (Phi) is 3.66. The quantitative estimate of drug-likeness (QED) is 0.937. The van der Waals surface area contributed by atoms with Gasteiger partial charge in [-0.05, 0) is 24.3 Å². The number of nitriles is 1. The summed E-state index contributed by atoms with van der Waals surface area (Å²) in [7, 11) is 0. The highest BCUT2D eigenvalue weighted by Gasteiger charge is 2.27. The minimum absolute atomic E-state index is 0.203. The first-order valence-electron chi connectivity index (χ1n) is 5.71. The second kappa shape index (κ2) is 5.25. The van der Waals surface area contributed by atoms with Gasteiger partial charge in [-0.3, -0.25) is 4.79 Å². The van der Waals surface area contributed by atoms with Crippen molar-refractivity contribution < 1.29 is 18.0 Å². The Morgan fingerprint density at radius 3 is 2.75 bits per heavy atom. The summed E-state index contributed by atoms with van der Waals surface area (Å²) < 4.78 is 37.5. The number of amides is 1. The van der Waals surface area contributed by atoms with Gasteiger partial charge in [0.15, 0.2) is 0 Å². The van der Waals surface area contributed by atoms with Gasteiger partial charge in [0.25, 0.3) is 0 Å². The van der Waals surface area contributed by atoms with Gasteiger partial charge < -0.3 is 9.88 Å². The predicted molar refractivity (Wildman–Crippen MR) is 65.7 cm³/mol. The number of halogens is 3. The Bertz CT molecular complexity index is 682. The van der Waals surface area contributed by atoms with Crippen molar-refractivity contribution in [1.82, 2.24) is 9.88 Å². The van der Waals surface area contributed by atoms with E-state index in [1.54, 1.807) is 30.5 Å². The lowest BCUT2D eigenvalue weighted by atomic mass is 10.2. The molecule has 0 spiro atoms. The van der Waals surface area contributed by atoms with E-state index in [9.17, 15) is 18.0 Å². The fourth-order valence-electron chi connectivity index (χ4n) is 1.82. The highest BCUT2D eigenvalue weighted by Crippen LogP contribution is 2.17. The monoisotopic (exact) mass is 281 g/mol. The molecule has 0 saturated carbocycles. The zero-order valence-corrected chi connectivity index (χ0v) is 10.2. The number of hydrogen-bond donors (Lipinski definition) is 1.